The number of carbonyl (C=O) groups is 1. The van der Waals surface area contributed by atoms with Crippen LogP contribution >= 0.6 is 0 Å². The summed E-state index contributed by atoms with van der Waals surface area (Å²) in [4.78, 5) is 16.2. The molecule has 1 saturated heterocycles. The normalized spacial score (nSPS) is 15.5. The molecule has 1 aliphatic rings. The average molecular weight is 310 g/mol. The number of hydrogen-bond donors (Lipinski definition) is 0. The van der Waals surface area contributed by atoms with E-state index in [1.807, 2.05) is 30.3 Å². The van der Waals surface area contributed by atoms with E-state index in [0.717, 1.165) is 60.6 Å². The van der Waals surface area contributed by atoms with Crippen LogP contribution in [0.1, 0.15) is 10.4 Å². The average Bonchev–Trinajstić information content (AvgIpc) is 2.62. The monoisotopic (exact) mass is 310 g/mol. The van der Waals surface area contributed by atoms with Crippen molar-refractivity contribution in [3.05, 3.63) is 48.0 Å². The van der Waals surface area contributed by atoms with E-state index in [9.17, 15) is 4.79 Å². The largest absolute Gasteiger partial charge is 0.496 e. The van der Waals surface area contributed by atoms with Gasteiger partial charge in [-0.25, -0.2) is 0 Å². The van der Waals surface area contributed by atoms with Gasteiger partial charge in [0.15, 0.2) is 6.29 Å². The number of likely N-dealkylation sites (N-methyl/N-ethyl adjacent to an activating group) is 1. The molecule has 1 heterocycles. The van der Waals surface area contributed by atoms with Crippen LogP contribution in [-0.4, -0.2) is 51.5 Å². The highest BCUT2D eigenvalue weighted by molar-refractivity contribution is 5.88. The molecule has 120 valence electrons. The standard InChI is InChI=1S/C19H22N2O2/c1-20-9-11-21(12-10-20)18-8-7-15(13-16(18)14-22)17-5-3-4-6-19(17)23-2/h3-8,13-14H,9-12H2,1-2H3. The summed E-state index contributed by atoms with van der Waals surface area (Å²) in [6.07, 6.45) is 0.951. The van der Waals surface area contributed by atoms with Crippen molar-refractivity contribution in [2.24, 2.45) is 0 Å². The summed E-state index contributed by atoms with van der Waals surface area (Å²) >= 11 is 0. The first-order valence-electron chi connectivity index (χ1n) is 7.89. The number of piperazine rings is 1. The molecule has 0 aliphatic carbocycles. The number of methoxy groups -OCH3 is 1. The van der Waals surface area contributed by atoms with Crippen molar-refractivity contribution in [1.82, 2.24) is 4.90 Å². The molecule has 0 aromatic heterocycles. The first-order chi connectivity index (χ1) is 11.2. The van der Waals surface area contributed by atoms with Crippen LogP contribution in [0.25, 0.3) is 11.1 Å². The fourth-order valence-electron chi connectivity index (χ4n) is 3.03. The van der Waals surface area contributed by atoms with E-state index < -0.39 is 0 Å². The van der Waals surface area contributed by atoms with Gasteiger partial charge in [-0.1, -0.05) is 24.3 Å². The molecule has 0 bridgehead atoms. The third kappa shape index (κ3) is 3.22. The summed E-state index contributed by atoms with van der Waals surface area (Å²) in [6, 6.07) is 13.9. The van der Waals surface area contributed by atoms with Gasteiger partial charge in [-0.3, -0.25) is 4.79 Å². The van der Waals surface area contributed by atoms with Gasteiger partial charge in [-0.15, -0.1) is 0 Å². The van der Waals surface area contributed by atoms with Crippen LogP contribution in [0.4, 0.5) is 5.69 Å². The Hall–Kier alpha value is -2.33. The van der Waals surface area contributed by atoms with Crippen LogP contribution in [-0.2, 0) is 0 Å². The molecule has 0 spiro atoms. The zero-order valence-corrected chi connectivity index (χ0v) is 13.7. The molecule has 0 radical (unpaired) electrons. The summed E-state index contributed by atoms with van der Waals surface area (Å²) < 4.78 is 5.43. The van der Waals surface area contributed by atoms with Gasteiger partial charge in [0.1, 0.15) is 5.75 Å². The second kappa shape index (κ2) is 6.84. The zero-order valence-electron chi connectivity index (χ0n) is 13.7. The fourth-order valence-corrected chi connectivity index (χ4v) is 3.03. The second-order valence-electron chi connectivity index (χ2n) is 5.88. The minimum absolute atomic E-state index is 0.734. The quantitative estimate of drug-likeness (QED) is 0.813. The zero-order chi connectivity index (χ0) is 16.2. The fraction of sp³-hybridized carbons (Fsp3) is 0.316. The third-order valence-corrected chi connectivity index (χ3v) is 4.42. The van der Waals surface area contributed by atoms with Gasteiger partial charge in [-0.2, -0.15) is 0 Å². The Bertz CT molecular complexity index is 692. The SMILES string of the molecule is COc1ccccc1-c1ccc(N2CCN(C)CC2)c(C=O)c1. The van der Waals surface area contributed by atoms with Gasteiger partial charge in [0, 0.05) is 43.0 Å². The molecule has 1 fully saturated rings. The van der Waals surface area contributed by atoms with Crippen LogP contribution in [0, 0.1) is 0 Å². The molecule has 2 aromatic rings. The number of carbonyl (C=O) groups excluding carboxylic acids is 1. The van der Waals surface area contributed by atoms with E-state index in [2.05, 4.69) is 29.0 Å². The lowest BCUT2D eigenvalue weighted by Gasteiger charge is -2.34. The van der Waals surface area contributed by atoms with Gasteiger partial charge < -0.3 is 14.5 Å². The minimum Gasteiger partial charge on any atom is -0.496 e. The molecule has 0 atom stereocenters. The Labute approximate surface area is 137 Å². The maximum atomic E-state index is 11.6. The van der Waals surface area contributed by atoms with Crippen molar-refractivity contribution in [2.75, 3.05) is 45.2 Å². The van der Waals surface area contributed by atoms with Gasteiger partial charge in [0.25, 0.3) is 0 Å². The van der Waals surface area contributed by atoms with Gasteiger partial charge >= 0.3 is 0 Å². The van der Waals surface area contributed by atoms with Crippen molar-refractivity contribution in [3.63, 3.8) is 0 Å². The summed E-state index contributed by atoms with van der Waals surface area (Å²) in [6.45, 7) is 3.94. The summed E-state index contributed by atoms with van der Waals surface area (Å²) in [5.74, 6) is 0.816. The van der Waals surface area contributed by atoms with Crippen molar-refractivity contribution in [1.29, 1.82) is 0 Å². The van der Waals surface area contributed by atoms with Crippen LogP contribution in [0.3, 0.4) is 0 Å². The molecule has 23 heavy (non-hydrogen) atoms. The smallest absolute Gasteiger partial charge is 0.152 e. The highest BCUT2D eigenvalue weighted by atomic mass is 16.5. The van der Waals surface area contributed by atoms with Gasteiger partial charge in [-0.05, 0) is 30.8 Å². The topological polar surface area (TPSA) is 32.8 Å². The van der Waals surface area contributed by atoms with E-state index in [0.29, 0.717) is 0 Å². The number of aldehydes is 1. The third-order valence-electron chi connectivity index (χ3n) is 4.42. The lowest BCUT2D eigenvalue weighted by molar-refractivity contribution is 0.112. The Morgan fingerprint density at radius 1 is 1.04 bits per heavy atom. The lowest BCUT2D eigenvalue weighted by atomic mass is 10.0. The maximum Gasteiger partial charge on any atom is 0.152 e. The predicted molar refractivity (Wildman–Crippen MR) is 93.5 cm³/mol. The second-order valence-corrected chi connectivity index (χ2v) is 5.88. The molecule has 2 aromatic carbocycles. The molecule has 0 amide bonds. The van der Waals surface area contributed by atoms with Crippen molar-refractivity contribution in [3.8, 4) is 16.9 Å². The molecule has 4 heteroatoms. The Morgan fingerprint density at radius 3 is 2.48 bits per heavy atom. The van der Waals surface area contributed by atoms with Crippen LogP contribution in [0.2, 0.25) is 0 Å². The molecular weight excluding hydrogens is 288 g/mol. The first kappa shape index (κ1) is 15.6. The first-order valence-corrected chi connectivity index (χ1v) is 7.89. The van der Waals surface area contributed by atoms with E-state index in [1.54, 1.807) is 7.11 Å². The van der Waals surface area contributed by atoms with Gasteiger partial charge in [0.2, 0.25) is 0 Å². The molecule has 0 unspecified atom stereocenters. The molecular formula is C19H22N2O2. The van der Waals surface area contributed by atoms with E-state index >= 15 is 0 Å². The van der Waals surface area contributed by atoms with E-state index in [1.165, 1.54) is 0 Å². The van der Waals surface area contributed by atoms with Crippen LogP contribution < -0.4 is 9.64 Å². The highest BCUT2D eigenvalue weighted by Crippen LogP contribution is 2.32. The molecule has 4 nitrogen and oxygen atoms in total. The Balaban J connectivity index is 1.95. The lowest BCUT2D eigenvalue weighted by Crippen LogP contribution is -2.44. The number of anilines is 1. The van der Waals surface area contributed by atoms with Crippen molar-refractivity contribution >= 4 is 12.0 Å². The molecule has 0 saturated carbocycles. The van der Waals surface area contributed by atoms with Gasteiger partial charge in [0.05, 0.1) is 7.11 Å². The summed E-state index contributed by atoms with van der Waals surface area (Å²) in [7, 11) is 3.79. The number of hydrogen-bond acceptors (Lipinski definition) is 4. The number of para-hydroxylation sites is 1. The number of rotatable bonds is 4. The minimum atomic E-state index is 0.734. The number of nitrogens with zero attached hydrogens (tertiary/aromatic N) is 2. The predicted octanol–water partition coefficient (Wildman–Crippen LogP) is 2.93. The van der Waals surface area contributed by atoms with Crippen molar-refractivity contribution in [2.45, 2.75) is 0 Å². The van der Waals surface area contributed by atoms with Crippen molar-refractivity contribution < 1.29 is 9.53 Å². The molecule has 3 rings (SSSR count). The van der Waals surface area contributed by atoms with E-state index in [4.69, 9.17) is 4.74 Å². The number of ether oxygens (including phenoxy) is 1. The Morgan fingerprint density at radius 2 is 1.78 bits per heavy atom. The molecule has 0 N–H and O–H groups in total. The van der Waals surface area contributed by atoms with Crippen LogP contribution in [0.15, 0.2) is 42.5 Å². The summed E-state index contributed by atoms with van der Waals surface area (Å²) in [5, 5.41) is 0. The number of benzene rings is 2. The highest BCUT2D eigenvalue weighted by Gasteiger charge is 2.17. The maximum absolute atomic E-state index is 11.6. The van der Waals surface area contributed by atoms with Crippen LogP contribution in [0.5, 0.6) is 5.75 Å². The summed E-state index contributed by atoms with van der Waals surface area (Å²) in [5.41, 5.74) is 3.76. The van der Waals surface area contributed by atoms with E-state index in [-0.39, 0.29) is 0 Å². The Kier molecular flexibility index (Phi) is 4.63. The molecule has 1 aliphatic heterocycles.